The molecule has 130 valence electrons. The van der Waals surface area contributed by atoms with Crippen LogP contribution in [-0.2, 0) is 0 Å². The van der Waals surface area contributed by atoms with Gasteiger partial charge in [0.1, 0.15) is 5.65 Å². The minimum absolute atomic E-state index is 0.382. The molecule has 25 heavy (non-hydrogen) atoms. The third kappa shape index (κ3) is 4.09. The first-order chi connectivity index (χ1) is 12.1. The number of aryl methyl sites for hydroxylation is 2. The van der Waals surface area contributed by atoms with E-state index in [1.807, 2.05) is 12.4 Å². The van der Waals surface area contributed by atoms with Gasteiger partial charge in [0, 0.05) is 42.6 Å². The molecule has 3 aromatic rings. The molecule has 0 saturated carbocycles. The van der Waals surface area contributed by atoms with E-state index in [4.69, 9.17) is 5.73 Å². The summed E-state index contributed by atoms with van der Waals surface area (Å²) in [5.41, 5.74) is 10.2. The number of hydrogen-bond donors (Lipinski definition) is 1. The Balaban J connectivity index is 0.000000192. The van der Waals surface area contributed by atoms with E-state index >= 15 is 0 Å². The Morgan fingerprint density at radius 3 is 2.52 bits per heavy atom. The number of pyridine rings is 1. The zero-order chi connectivity index (χ0) is 17.8. The number of nitrogens with zero attached hydrogens (tertiary/aromatic N) is 3. The first-order valence-electron chi connectivity index (χ1n) is 8.70. The summed E-state index contributed by atoms with van der Waals surface area (Å²) in [5.74, 6) is 0. The third-order valence-corrected chi connectivity index (χ3v) is 4.49. The average molecular weight is 334 g/mol. The van der Waals surface area contributed by atoms with Crippen LogP contribution in [0.3, 0.4) is 0 Å². The second kappa shape index (κ2) is 7.53. The molecule has 0 bridgehead atoms. The van der Waals surface area contributed by atoms with E-state index in [2.05, 4.69) is 77.5 Å². The van der Waals surface area contributed by atoms with Gasteiger partial charge in [0.2, 0.25) is 0 Å². The minimum Gasteiger partial charge on any atom is -0.376 e. The van der Waals surface area contributed by atoms with Crippen LogP contribution in [0, 0.1) is 13.8 Å². The predicted molar refractivity (Wildman–Crippen MR) is 105 cm³/mol. The molecule has 1 aliphatic heterocycles. The van der Waals surface area contributed by atoms with Crippen molar-refractivity contribution in [3.63, 3.8) is 0 Å². The number of fused-ring (bicyclic) bond motifs is 1. The van der Waals surface area contributed by atoms with E-state index in [1.165, 1.54) is 16.5 Å². The molecule has 4 heteroatoms. The van der Waals surface area contributed by atoms with Crippen LogP contribution in [-0.4, -0.2) is 33.6 Å². The van der Waals surface area contributed by atoms with Crippen molar-refractivity contribution in [1.29, 1.82) is 0 Å². The summed E-state index contributed by atoms with van der Waals surface area (Å²) in [4.78, 5) is 6.65. The molecule has 0 amide bonds. The second-order valence-corrected chi connectivity index (χ2v) is 6.67. The second-order valence-electron chi connectivity index (χ2n) is 6.67. The van der Waals surface area contributed by atoms with E-state index in [9.17, 15) is 0 Å². The molecule has 0 aliphatic carbocycles. The predicted octanol–water partition coefficient (Wildman–Crippen LogP) is 3.81. The monoisotopic (exact) mass is 334 g/mol. The number of likely N-dealkylation sites (tertiary alicyclic amines) is 1. The maximum Gasteiger partial charge on any atom is 0.144 e. The van der Waals surface area contributed by atoms with Crippen molar-refractivity contribution < 1.29 is 0 Å². The highest BCUT2D eigenvalue weighted by atomic mass is 15.1. The fraction of sp³-hybridized carbons (Fsp3) is 0.286. The first kappa shape index (κ1) is 17.2. The Bertz CT molecular complexity index is 848. The van der Waals surface area contributed by atoms with Crippen LogP contribution in [0.15, 0.2) is 61.6 Å². The van der Waals surface area contributed by atoms with Crippen LogP contribution in [0.25, 0.3) is 16.7 Å². The van der Waals surface area contributed by atoms with Crippen molar-refractivity contribution in [3.8, 4) is 5.69 Å². The van der Waals surface area contributed by atoms with Crippen LogP contribution in [0.1, 0.15) is 17.5 Å². The highest BCUT2D eigenvalue weighted by Gasteiger charge is 2.14. The molecular formula is C21H26N4. The van der Waals surface area contributed by atoms with Crippen molar-refractivity contribution >= 4 is 11.0 Å². The van der Waals surface area contributed by atoms with Crippen molar-refractivity contribution in [2.24, 2.45) is 5.73 Å². The van der Waals surface area contributed by atoms with Crippen LogP contribution in [0.4, 0.5) is 0 Å². The number of nitrogens with two attached hydrogens (primary N) is 1. The summed E-state index contributed by atoms with van der Waals surface area (Å²) in [6.45, 7) is 9.89. The van der Waals surface area contributed by atoms with Crippen molar-refractivity contribution in [2.75, 3.05) is 13.1 Å². The Kier molecular flexibility index (Phi) is 5.19. The van der Waals surface area contributed by atoms with Gasteiger partial charge in [0.15, 0.2) is 0 Å². The van der Waals surface area contributed by atoms with Crippen molar-refractivity contribution in [2.45, 2.75) is 26.3 Å². The molecule has 1 unspecified atom stereocenters. The van der Waals surface area contributed by atoms with Gasteiger partial charge >= 0.3 is 0 Å². The quantitative estimate of drug-likeness (QED) is 0.775. The fourth-order valence-electron chi connectivity index (χ4n) is 3.03. The lowest BCUT2D eigenvalue weighted by molar-refractivity contribution is 0.461. The minimum atomic E-state index is 0.382. The fourth-order valence-corrected chi connectivity index (χ4v) is 3.03. The van der Waals surface area contributed by atoms with Crippen LogP contribution >= 0.6 is 0 Å². The molecule has 1 atom stereocenters. The van der Waals surface area contributed by atoms with E-state index in [0.717, 1.165) is 30.8 Å². The zero-order valence-electron chi connectivity index (χ0n) is 15.0. The van der Waals surface area contributed by atoms with Crippen LogP contribution in [0.5, 0.6) is 0 Å². The van der Waals surface area contributed by atoms with Crippen molar-refractivity contribution in [1.82, 2.24) is 14.5 Å². The lowest BCUT2D eigenvalue weighted by Gasteiger charge is -2.08. The molecule has 1 aliphatic rings. The van der Waals surface area contributed by atoms with Crippen LogP contribution in [0.2, 0.25) is 0 Å². The van der Waals surface area contributed by atoms with Gasteiger partial charge in [-0.15, -0.1) is 0 Å². The van der Waals surface area contributed by atoms with E-state index in [1.54, 1.807) is 0 Å². The number of hydrogen-bond acceptors (Lipinski definition) is 3. The smallest absolute Gasteiger partial charge is 0.144 e. The highest BCUT2D eigenvalue weighted by Crippen LogP contribution is 2.19. The van der Waals surface area contributed by atoms with Gasteiger partial charge in [-0.05, 0) is 56.3 Å². The Labute approximate surface area is 149 Å². The molecule has 0 radical (unpaired) electrons. The Hall–Kier alpha value is -2.59. The molecule has 1 aromatic carbocycles. The molecule has 2 aromatic heterocycles. The molecule has 1 saturated heterocycles. The summed E-state index contributed by atoms with van der Waals surface area (Å²) >= 11 is 0. The van der Waals surface area contributed by atoms with E-state index in [0.29, 0.717) is 6.04 Å². The number of benzene rings is 1. The Morgan fingerprint density at radius 1 is 1.16 bits per heavy atom. The average Bonchev–Trinajstić information content (AvgIpc) is 3.22. The highest BCUT2D eigenvalue weighted by molar-refractivity contribution is 5.78. The molecule has 1 fully saturated rings. The molecule has 0 spiro atoms. The molecule has 3 heterocycles. The first-order valence-corrected chi connectivity index (χ1v) is 8.70. The normalized spacial score (nSPS) is 16.6. The largest absolute Gasteiger partial charge is 0.376 e. The molecule has 2 N–H and O–H groups in total. The van der Waals surface area contributed by atoms with Gasteiger partial charge in [0.25, 0.3) is 0 Å². The maximum atomic E-state index is 5.61. The lowest BCUT2D eigenvalue weighted by atomic mass is 10.2. The maximum absolute atomic E-state index is 5.61. The van der Waals surface area contributed by atoms with E-state index in [-0.39, 0.29) is 0 Å². The van der Waals surface area contributed by atoms with Gasteiger partial charge in [-0.3, -0.25) is 0 Å². The standard InChI is InChI=1S/C15H14N2.C6H12N2/c1-11-3-5-14(6-4-11)17-8-7-13-9-12(2)10-16-15(13)17;1-2-8-4-3-6(7)5-8/h3-10H,1-2H3;2,6H,1,3-5,7H2. The number of aromatic nitrogens is 2. The third-order valence-electron chi connectivity index (χ3n) is 4.49. The van der Waals surface area contributed by atoms with Gasteiger partial charge in [0.05, 0.1) is 0 Å². The van der Waals surface area contributed by atoms with Gasteiger partial charge < -0.3 is 15.2 Å². The summed E-state index contributed by atoms with van der Waals surface area (Å²) in [5, 5.41) is 1.19. The zero-order valence-corrected chi connectivity index (χ0v) is 15.0. The molecule has 4 rings (SSSR count). The number of rotatable bonds is 2. The Morgan fingerprint density at radius 2 is 1.92 bits per heavy atom. The van der Waals surface area contributed by atoms with Gasteiger partial charge in [-0.2, -0.15) is 0 Å². The lowest BCUT2D eigenvalue weighted by Crippen LogP contribution is -2.22. The summed E-state index contributed by atoms with van der Waals surface area (Å²) in [6.07, 6.45) is 6.95. The topological polar surface area (TPSA) is 47.1 Å². The molecular weight excluding hydrogens is 308 g/mol. The van der Waals surface area contributed by atoms with Gasteiger partial charge in [-0.1, -0.05) is 24.3 Å². The van der Waals surface area contributed by atoms with Crippen molar-refractivity contribution in [3.05, 3.63) is 72.7 Å². The van der Waals surface area contributed by atoms with E-state index < -0.39 is 0 Å². The SMILES string of the molecule is C=CN1CCC(N)C1.Cc1ccc(-n2ccc3cc(C)cnc32)cc1. The van der Waals surface area contributed by atoms with Crippen LogP contribution < -0.4 is 5.73 Å². The summed E-state index contributed by atoms with van der Waals surface area (Å²) in [6, 6.07) is 13.1. The summed E-state index contributed by atoms with van der Waals surface area (Å²) in [7, 11) is 0. The van der Waals surface area contributed by atoms with Gasteiger partial charge in [-0.25, -0.2) is 4.98 Å². The summed E-state index contributed by atoms with van der Waals surface area (Å²) < 4.78 is 2.12. The molecule has 4 nitrogen and oxygen atoms in total.